The predicted molar refractivity (Wildman–Crippen MR) is 199 cm³/mol. The maximum atomic E-state index is 13.2. The largest absolute Gasteiger partial charge is 0.494 e. The van der Waals surface area contributed by atoms with Crippen LogP contribution in [-0.2, 0) is 26.2 Å². The van der Waals surface area contributed by atoms with Crippen LogP contribution in [0.25, 0.3) is 22.5 Å². The molecule has 2 heterocycles. The van der Waals surface area contributed by atoms with Gasteiger partial charge in [-0.2, -0.15) is 0 Å². The van der Waals surface area contributed by atoms with Gasteiger partial charge in [-0.05, 0) is 47.2 Å². The van der Waals surface area contributed by atoms with E-state index in [0.29, 0.717) is 17.3 Å². The zero-order chi connectivity index (χ0) is 36.8. The van der Waals surface area contributed by atoms with Gasteiger partial charge in [-0.3, -0.25) is 19.2 Å². The molecule has 0 fully saturated rings. The van der Waals surface area contributed by atoms with Gasteiger partial charge < -0.3 is 25.8 Å². The Bertz CT molecular complexity index is 1750. The number of aliphatic carboxylic acids is 1. The van der Waals surface area contributed by atoms with Gasteiger partial charge in [0.05, 0.1) is 18.0 Å². The number of benzene rings is 2. The maximum Gasteiger partial charge on any atom is 0.322 e. The number of carboxylic acids is 1. The molecule has 0 bridgehead atoms. The molecule has 0 spiro atoms. The molecule has 2 aromatic heterocycles. The highest BCUT2D eigenvalue weighted by atomic mass is 32.1. The number of thiophene rings is 1. The Hall–Kier alpha value is -5.10. The topological polar surface area (TPSA) is 160 Å². The summed E-state index contributed by atoms with van der Waals surface area (Å²) in [4.78, 5) is 59.9. The summed E-state index contributed by atoms with van der Waals surface area (Å²) in [6, 6.07) is 17.9. The van der Waals surface area contributed by atoms with E-state index in [0.717, 1.165) is 39.3 Å². The van der Waals surface area contributed by atoms with E-state index in [-0.39, 0.29) is 11.8 Å². The summed E-state index contributed by atoms with van der Waals surface area (Å²) in [5.74, 6) is -1.46. The average Bonchev–Trinajstić information content (AvgIpc) is 3.64. The number of carbonyl (C=O) groups is 4. The summed E-state index contributed by atoms with van der Waals surface area (Å²) in [6.45, 7) is 8.09. The van der Waals surface area contributed by atoms with Crippen molar-refractivity contribution in [2.75, 3.05) is 19.7 Å². The Morgan fingerprint density at radius 1 is 0.804 bits per heavy atom. The number of unbranched alkanes of at least 4 members (excludes halogenated alkanes) is 4. The summed E-state index contributed by atoms with van der Waals surface area (Å²) in [5.41, 5.74) is 3.26. The van der Waals surface area contributed by atoms with E-state index < -0.39 is 42.8 Å². The highest BCUT2D eigenvalue weighted by Crippen LogP contribution is 2.29. The van der Waals surface area contributed by atoms with E-state index in [9.17, 15) is 19.2 Å². The number of rotatable bonds is 18. The van der Waals surface area contributed by atoms with Crippen molar-refractivity contribution < 1.29 is 29.0 Å². The van der Waals surface area contributed by atoms with Gasteiger partial charge in [-0.25, -0.2) is 9.97 Å². The van der Waals surface area contributed by atoms with Crippen molar-refractivity contribution in [2.24, 2.45) is 0 Å². The Kier molecular flexibility index (Phi) is 14.2. The van der Waals surface area contributed by atoms with Crippen molar-refractivity contribution in [2.45, 2.75) is 77.7 Å². The molecule has 2 aromatic carbocycles. The lowest BCUT2D eigenvalue weighted by Gasteiger charge is -2.19. The zero-order valence-corrected chi connectivity index (χ0v) is 30.5. The summed E-state index contributed by atoms with van der Waals surface area (Å²) in [6.07, 6.45) is 9.67. The van der Waals surface area contributed by atoms with E-state index in [2.05, 4.69) is 53.6 Å². The lowest BCUT2D eigenvalue weighted by Crippen LogP contribution is -2.50. The number of hydrogen-bond donors (Lipinski definition) is 4. The van der Waals surface area contributed by atoms with E-state index >= 15 is 0 Å². The van der Waals surface area contributed by atoms with Gasteiger partial charge in [-0.1, -0.05) is 89.8 Å². The van der Waals surface area contributed by atoms with Gasteiger partial charge >= 0.3 is 5.97 Å². The molecule has 0 unspecified atom stereocenters. The molecular formula is C39H47N5O6S. The molecule has 1 atom stereocenters. The molecule has 4 aromatic rings. The first kappa shape index (κ1) is 38.7. The van der Waals surface area contributed by atoms with Gasteiger partial charge in [0, 0.05) is 34.8 Å². The summed E-state index contributed by atoms with van der Waals surface area (Å²) >= 11 is 1.36. The van der Waals surface area contributed by atoms with Gasteiger partial charge in [0.2, 0.25) is 11.8 Å². The van der Waals surface area contributed by atoms with E-state index in [1.54, 1.807) is 18.5 Å². The van der Waals surface area contributed by atoms with Gasteiger partial charge in [0.25, 0.3) is 5.91 Å². The lowest BCUT2D eigenvalue weighted by molar-refractivity contribution is -0.137. The second-order valence-electron chi connectivity index (χ2n) is 13.3. The number of aromatic nitrogens is 2. The third kappa shape index (κ3) is 12.3. The van der Waals surface area contributed by atoms with Gasteiger partial charge in [-0.15, -0.1) is 11.3 Å². The number of amides is 3. The Labute approximate surface area is 303 Å². The first-order valence-corrected chi connectivity index (χ1v) is 18.1. The Morgan fingerprint density at radius 2 is 1.47 bits per heavy atom. The molecule has 4 rings (SSSR count). The van der Waals surface area contributed by atoms with Crippen LogP contribution in [0.15, 0.2) is 73.1 Å². The minimum atomic E-state index is -1.20. The van der Waals surface area contributed by atoms with Crippen LogP contribution in [0.4, 0.5) is 0 Å². The molecule has 0 radical (unpaired) electrons. The molecule has 0 aliphatic heterocycles. The molecule has 270 valence electrons. The van der Waals surface area contributed by atoms with Crippen LogP contribution in [0.3, 0.4) is 0 Å². The van der Waals surface area contributed by atoms with Gasteiger partial charge in [0.1, 0.15) is 18.3 Å². The van der Waals surface area contributed by atoms with Crippen LogP contribution in [0.2, 0.25) is 0 Å². The molecule has 0 saturated heterocycles. The third-order valence-corrected chi connectivity index (χ3v) is 9.57. The molecule has 11 nitrogen and oxygen atoms in total. The highest BCUT2D eigenvalue weighted by molar-refractivity contribution is 7.14. The number of carboxylic acid groups (broad SMARTS) is 1. The predicted octanol–water partition coefficient (Wildman–Crippen LogP) is 6.18. The normalized spacial score (nSPS) is 11.8. The SMILES string of the molecule is CCCCCCCOc1ccc(-c2cnc(-c3ccc(C[C@H](NC(=O)c4ccc(C(C)(C)C)s4)C(=O)NCC(=O)NCC(=O)O)cc3)nc2)cc1. The average molecular weight is 714 g/mol. The number of nitrogens with zero attached hydrogens (tertiary/aromatic N) is 2. The van der Waals surface area contributed by atoms with Crippen LogP contribution >= 0.6 is 11.3 Å². The molecular weight excluding hydrogens is 667 g/mol. The van der Waals surface area contributed by atoms with Crippen molar-refractivity contribution in [3.8, 4) is 28.3 Å². The third-order valence-electron chi connectivity index (χ3n) is 8.06. The lowest BCUT2D eigenvalue weighted by atomic mass is 9.95. The van der Waals surface area contributed by atoms with Crippen molar-refractivity contribution in [3.05, 3.63) is 88.4 Å². The fourth-order valence-corrected chi connectivity index (χ4v) is 6.09. The van der Waals surface area contributed by atoms with Crippen LogP contribution < -0.4 is 20.7 Å². The molecule has 3 amide bonds. The van der Waals surface area contributed by atoms with Crippen LogP contribution in [-0.4, -0.2) is 64.5 Å². The molecule has 51 heavy (non-hydrogen) atoms. The number of ether oxygens (including phenoxy) is 1. The first-order chi connectivity index (χ1) is 24.4. The Morgan fingerprint density at radius 3 is 2.10 bits per heavy atom. The van der Waals surface area contributed by atoms with Crippen molar-refractivity contribution in [1.82, 2.24) is 25.9 Å². The van der Waals surface area contributed by atoms with Crippen LogP contribution in [0, 0.1) is 0 Å². The van der Waals surface area contributed by atoms with E-state index in [1.807, 2.05) is 54.6 Å². The van der Waals surface area contributed by atoms with Crippen molar-refractivity contribution in [3.63, 3.8) is 0 Å². The highest BCUT2D eigenvalue weighted by Gasteiger charge is 2.25. The van der Waals surface area contributed by atoms with Crippen LogP contribution in [0.1, 0.15) is 79.9 Å². The molecule has 0 aliphatic carbocycles. The molecule has 12 heteroatoms. The number of nitrogens with one attached hydrogen (secondary N) is 3. The number of hydrogen-bond acceptors (Lipinski definition) is 8. The standard InChI is InChI=1S/C39H47N5O6S/c1-5-6-7-8-9-20-50-30-16-14-27(15-17-30)29-22-41-36(42-23-29)28-12-10-26(11-13-28)21-31(37(48)43-24-34(45)40-25-35(46)47)44-38(49)32-18-19-33(51-32)39(2,3)4/h10-19,22-23,31H,5-9,20-21,24-25H2,1-4H3,(H,40,45)(H,43,48)(H,44,49)(H,46,47)/t31-/m0/s1. The zero-order valence-electron chi connectivity index (χ0n) is 29.7. The minimum absolute atomic E-state index is 0.136. The minimum Gasteiger partial charge on any atom is -0.494 e. The van der Waals surface area contributed by atoms with Crippen LogP contribution in [0.5, 0.6) is 5.75 Å². The smallest absolute Gasteiger partial charge is 0.322 e. The molecule has 0 aliphatic rings. The number of carbonyl (C=O) groups excluding carboxylic acids is 3. The molecule has 0 saturated carbocycles. The fourth-order valence-electron chi connectivity index (χ4n) is 5.12. The first-order valence-electron chi connectivity index (χ1n) is 17.2. The maximum absolute atomic E-state index is 13.2. The summed E-state index contributed by atoms with van der Waals surface area (Å²) in [7, 11) is 0. The van der Waals surface area contributed by atoms with Crippen molar-refractivity contribution >= 4 is 35.0 Å². The van der Waals surface area contributed by atoms with E-state index in [1.165, 1.54) is 37.0 Å². The monoisotopic (exact) mass is 713 g/mol. The van der Waals surface area contributed by atoms with E-state index in [4.69, 9.17) is 9.84 Å². The molecule has 4 N–H and O–H groups in total. The second-order valence-corrected chi connectivity index (χ2v) is 14.4. The van der Waals surface area contributed by atoms with Gasteiger partial charge in [0.15, 0.2) is 5.82 Å². The summed E-state index contributed by atoms with van der Waals surface area (Å²) in [5, 5.41) is 16.3. The summed E-state index contributed by atoms with van der Waals surface area (Å²) < 4.78 is 5.88. The van der Waals surface area contributed by atoms with Crippen molar-refractivity contribution in [1.29, 1.82) is 0 Å². The quantitative estimate of drug-likeness (QED) is 0.0891. The second kappa shape index (κ2) is 18.8. The fraction of sp³-hybridized carbons (Fsp3) is 0.385. The Balaban J connectivity index is 1.39.